The van der Waals surface area contributed by atoms with Crippen LogP contribution in [-0.4, -0.2) is 11.4 Å². The predicted molar refractivity (Wildman–Crippen MR) is 71.1 cm³/mol. The minimum absolute atomic E-state index is 0.0630. The van der Waals surface area contributed by atoms with Gasteiger partial charge in [0, 0.05) is 11.6 Å². The van der Waals surface area contributed by atoms with Crippen molar-refractivity contribution in [1.29, 1.82) is 0 Å². The van der Waals surface area contributed by atoms with Crippen molar-refractivity contribution in [3.05, 3.63) is 23.3 Å². The van der Waals surface area contributed by atoms with Gasteiger partial charge >= 0.3 is 0 Å². The van der Waals surface area contributed by atoms with E-state index >= 15 is 0 Å². The first-order valence-electron chi connectivity index (χ1n) is 5.85. The highest BCUT2D eigenvalue weighted by atomic mass is 16.4. The molecule has 0 atom stereocenters. The van der Waals surface area contributed by atoms with Crippen LogP contribution >= 0.6 is 0 Å². The van der Waals surface area contributed by atoms with E-state index in [2.05, 4.69) is 51.9 Å². The van der Waals surface area contributed by atoms with Crippen molar-refractivity contribution in [2.24, 2.45) is 10.6 Å². The third-order valence-corrected chi connectivity index (χ3v) is 2.48. The molecule has 0 aromatic carbocycles. The van der Waals surface area contributed by atoms with E-state index in [-0.39, 0.29) is 5.41 Å². The highest BCUT2D eigenvalue weighted by molar-refractivity contribution is 5.64. The van der Waals surface area contributed by atoms with Gasteiger partial charge in [-0.25, -0.2) is 0 Å². The summed E-state index contributed by atoms with van der Waals surface area (Å²) in [7, 11) is 0. The second kappa shape index (κ2) is 7.26. The molecule has 0 bridgehead atoms. The summed E-state index contributed by atoms with van der Waals surface area (Å²) in [6.07, 6.45) is 9.22. The van der Waals surface area contributed by atoms with Crippen LogP contribution in [0.15, 0.2) is 28.5 Å². The third kappa shape index (κ3) is 8.27. The Morgan fingerprint density at radius 1 is 1.19 bits per heavy atom. The molecule has 92 valence electrons. The van der Waals surface area contributed by atoms with Crippen LogP contribution in [-0.2, 0) is 0 Å². The lowest BCUT2D eigenvalue weighted by Gasteiger charge is -2.16. The van der Waals surface area contributed by atoms with E-state index in [4.69, 9.17) is 5.21 Å². The van der Waals surface area contributed by atoms with Gasteiger partial charge in [-0.1, -0.05) is 37.1 Å². The molecule has 0 aliphatic carbocycles. The van der Waals surface area contributed by atoms with Crippen molar-refractivity contribution in [1.82, 2.24) is 0 Å². The van der Waals surface area contributed by atoms with Gasteiger partial charge in [0.15, 0.2) is 0 Å². The summed E-state index contributed by atoms with van der Waals surface area (Å²) < 4.78 is 0. The van der Waals surface area contributed by atoms with Crippen LogP contribution in [0, 0.1) is 5.41 Å². The number of hydrogen-bond acceptors (Lipinski definition) is 2. The standard InChI is InChI=1S/C14H25NO/c1-12(2)7-6-8-13(3)9-10-14(4,5)11-15-16/h7,9,11,16H,6,8,10H2,1-5H3/b13-9+,15-11+. The van der Waals surface area contributed by atoms with Gasteiger partial charge in [-0.3, -0.25) is 0 Å². The second-order valence-electron chi connectivity index (χ2n) is 5.31. The van der Waals surface area contributed by atoms with E-state index in [0.29, 0.717) is 0 Å². The van der Waals surface area contributed by atoms with E-state index in [1.54, 1.807) is 6.21 Å². The maximum Gasteiger partial charge on any atom is 0.0495 e. The molecule has 0 radical (unpaired) electrons. The topological polar surface area (TPSA) is 32.6 Å². The Bertz CT molecular complexity index is 281. The van der Waals surface area contributed by atoms with E-state index in [1.165, 1.54) is 11.1 Å². The van der Waals surface area contributed by atoms with E-state index in [0.717, 1.165) is 19.3 Å². The number of rotatable bonds is 6. The SMILES string of the molecule is CC(C)=CCC/C(C)=C/CC(C)(C)/C=N/O. The van der Waals surface area contributed by atoms with Crippen molar-refractivity contribution in [3.8, 4) is 0 Å². The summed E-state index contributed by atoms with van der Waals surface area (Å²) in [6, 6.07) is 0. The molecule has 2 heteroatoms. The molecule has 0 amide bonds. The average Bonchev–Trinajstić information content (AvgIpc) is 2.14. The number of oxime groups is 1. The molecular formula is C14H25NO. The largest absolute Gasteiger partial charge is 0.411 e. The summed E-state index contributed by atoms with van der Waals surface area (Å²) >= 11 is 0. The highest BCUT2D eigenvalue weighted by Gasteiger charge is 2.13. The number of nitrogens with zero attached hydrogens (tertiary/aromatic N) is 1. The Morgan fingerprint density at radius 3 is 2.31 bits per heavy atom. The van der Waals surface area contributed by atoms with Gasteiger partial charge in [-0.2, -0.15) is 0 Å². The fraction of sp³-hybridized carbons (Fsp3) is 0.643. The van der Waals surface area contributed by atoms with Crippen molar-refractivity contribution < 1.29 is 5.21 Å². The van der Waals surface area contributed by atoms with Crippen LogP contribution in [0.5, 0.6) is 0 Å². The Balaban J connectivity index is 4.09. The number of hydrogen-bond donors (Lipinski definition) is 1. The lowest BCUT2D eigenvalue weighted by molar-refractivity contribution is 0.313. The van der Waals surface area contributed by atoms with Crippen LogP contribution in [0.1, 0.15) is 53.9 Å². The van der Waals surface area contributed by atoms with Crippen molar-refractivity contribution in [3.63, 3.8) is 0 Å². The van der Waals surface area contributed by atoms with E-state index in [1.807, 2.05) is 0 Å². The molecule has 0 fully saturated rings. The third-order valence-electron chi connectivity index (χ3n) is 2.48. The quantitative estimate of drug-likeness (QED) is 0.304. The van der Waals surface area contributed by atoms with Gasteiger partial charge in [0.25, 0.3) is 0 Å². The summed E-state index contributed by atoms with van der Waals surface area (Å²) in [5.41, 5.74) is 2.71. The minimum atomic E-state index is -0.0630. The average molecular weight is 223 g/mol. The van der Waals surface area contributed by atoms with Crippen molar-refractivity contribution >= 4 is 6.21 Å². The van der Waals surface area contributed by atoms with Crippen molar-refractivity contribution in [2.75, 3.05) is 0 Å². The molecule has 0 spiro atoms. The minimum Gasteiger partial charge on any atom is -0.411 e. The van der Waals surface area contributed by atoms with Gasteiger partial charge in [0.05, 0.1) is 0 Å². The molecule has 0 aliphatic rings. The van der Waals surface area contributed by atoms with Crippen LogP contribution in [0.2, 0.25) is 0 Å². The molecule has 0 aromatic rings. The summed E-state index contributed by atoms with van der Waals surface area (Å²) in [5.74, 6) is 0. The lowest BCUT2D eigenvalue weighted by atomic mass is 9.89. The molecule has 0 saturated heterocycles. The fourth-order valence-corrected chi connectivity index (χ4v) is 1.34. The molecule has 0 rings (SSSR count). The zero-order valence-electron chi connectivity index (χ0n) is 11.2. The molecule has 16 heavy (non-hydrogen) atoms. The first-order chi connectivity index (χ1) is 7.37. The highest BCUT2D eigenvalue weighted by Crippen LogP contribution is 2.20. The Morgan fingerprint density at radius 2 is 1.81 bits per heavy atom. The predicted octanol–water partition coefficient (Wildman–Crippen LogP) is 4.56. The van der Waals surface area contributed by atoms with Crippen LogP contribution < -0.4 is 0 Å². The smallest absolute Gasteiger partial charge is 0.0495 e. The van der Waals surface area contributed by atoms with Gasteiger partial charge in [-0.15, -0.1) is 5.16 Å². The maximum absolute atomic E-state index is 8.51. The van der Waals surface area contributed by atoms with Crippen LogP contribution in [0.3, 0.4) is 0 Å². The van der Waals surface area contributed by atoms with Crippen LogP contribution in [0.4, 0.5) is 0 Å². The summed E-state index contributed by atoms with van der Waals surface area (Å²) in [4.78, 5) is 0. The fourth-order valence-electron chi connectivity index (χ4n) is 1.34. The normalized spacial score (nSPS) is 13.2. The van der Waals surface area contributed by atoms with E-state index in [9.17, 15) is 0 Å². The maximum atomic E-state index is 8.51. The van der Waals surface area contributed by atoms with Gasteiger partial charge in [0.2, 0.25) is 0 Å². The van der Waals surface area contributed by atoms with Gasteiger partial charge < -0.3 is 5.21 Å². The molecule has 0 aliphatic heterocycles. The molecule has 2 nitrogen and oxygen atoms in total. The molecule has 0 unspecified atom stereocenters. The monoisotopic (exact) mass is 223 g/mol. The van der Waals surface area contributed by atoms with Gasteiger partial charge in [0.1, 0.15) is 0 Å². The Kier molecular flexibility index (Phi) is 6.78. The van der Waals surface area contributed by atoms with Crippen LogP contribution in [0.25, 0.3) is 0 Å². The van der Waals surface area contributed by atoms with Crippen molar-refractivity contribution in [2.45, 2.75) is 53.9 Å². The number of allylic oxidation sites excluding steroid dienone is 4. The van der Waals surface area contributed by atoms with Gasteiger partial charge in [-0.05, 0) is 40.0 Å². The zero-order chi connectivity index (χ0) is 12.6. The second-order valence-corrected chi connectivity index (χ2v) is 5.31. The molecule has 0 saturated carbocycles. The molecular weight excluding hydrogens is 198 g/mol. The molecule has 1 N–H and O–H groups in total. The molecule has 0 aromatic heterocycles. The van der Waals surface area contributed by atoms with E-state index < -0.39 is 0 Å². The Labute approximate surface area is 99.7 Å². The lowest BCUT2D eigenvalue weighted by Crippen LogP contribution is -2.11. The Hall–Kier alpha value is -1.05. The zero-order valence-corrected chi connectivity index (χ0v) is 11.2. The summed E-state index contributed by atoms with van der Waals surface area (Å²) in [6.45, 7) is 10.5. The molecule has 0 heterocycles. The first-order valence-corrected chi connectivity index (χ1v) is 5.85. The summed E-state index contributed by atoms with van der Waals surface area (Å²) in [5, 5.41) is 11.6. The first kappa shape index (κ1) is 14.9.